The van der Waals surface area contributed by atoms with E-state index >= 15 is 0 Å². The molecule has 3 aromatic carbocycles. The van der Waals surface area contributed by atoms with Crippen molar-refractivity contribution in [2.45, 2.75) is 29.1 Å². The van der Waals surface area contributed by atoms with Crippen LogP contribution in [0.15, 0.2) is 82.8 Å². The summed E-state index contributed by atoms with van der Waals surface area (Å²) in [5.41, 5.74) is 2.63. The first-order chi connectivity index (χ1) is 19.4. The lowest BCUT2D eigenvalue weighted by atomic mass is 9.95. The number of hydrogen-bond donors (Lipinski definition) is 1. The summed E-state index contributed by atoms with van der Waals surface area (Å²) in [6.45, 7) is 0.374. The first-order valence-corrected chi connectivity index (χ1v) is 14.9. The van der Waals surface area contributed by atoms with Gasteiger partial charge in [-0.3, -0.25) is 4.79 Å². The molecule has 11 nitrogen and oxygen atoms in total. The standard InChI is InChI=1S/C27H28N6O5S2/c1-37-24-13-12-22(17-25(24)38-2)40(35,36)32-18-20-9-7-6-8-19(20)16-23(32)26(34)28-14-15-39-27-29-30-31-33(27)21-10-4-3-5-11-21/h3-13,17,23H,14-16,18H2,1-2H3,(H,28,34)/t23-/m1/s1. The lowest BCUT2D eigenvalue weighted by Crippen LogP contribution is -2.52. The van der Waals surface area contributed by atoms with Crippen LogP contribution in [-0.2, 0) is 27.8 Å². The van der Waals surface area contributed by atoms with Gasteiger partial charge in [0.2, 0.25) is 21.1 Å². The number of carbonyl (C=O) groups is 1. The molecular weight excluding hydrogens is 552 g/mol. The van der Waals surface area contributed by atoms with Crippen molar-refractivity contribution in [2.24, 2.45) is 0 Å². The number of nitrogens with one attached hydrogen (secondary N) is 1. The molecule has 1 N–H and O–H groups in total. The van der Waals surface area contributed by atoms with Crippen molar-refractivity contribution >= 4 is 27.7 Å². The van der Waals surface area contributed by atoms with E-state index in [-0.39, 0.29) is 29.5 Å². The van der Waals surface area contributed by atoms with Crippen molar-refractivity contribution in [1.82, 2.24) is 29.8 Å². The van der Waals surface area contributed by atoms with Gasteiger partial charge >= 0.3 is 0 Å². The number of ether oxygens (including phenoxy) is 2. The zero-order valence-electron chi connectivity index (χ0n) is 21.9. The van der Waals surface area contributed by atoms with Crippen molar-refractivity contribution in [1.29, 1.82) is 0 Å². The largest absolute Gasteiger partial charge is 0.493 e. The number of aromatic nitrogens is 4. The molecule has 0 aliphatic carbocycles. The van der Waals surface area contributed by atoms with Crippen LogP contribution in [0.4, 0.5) is 0 Å². The van der Waals surface area contributed by atoms with Gasteiger partial charge < -0.3 is 14.8 Å². The molecule has 0 fully saturated rings. The van der Waals surface area contributed by atoms with E-state index in [9.17, 15) is 13.2 Å². The van der Waals surface area contributed by atoms with Gasteiger partial charge in [-0.05, 0) is 52.2 Å². The molecule has 1 aromatic heterocycles. The minimum Gasteiger partial charge on any atom is -0.493 e. The third kappa shape index (κ3) is 5.67. The fourth-order valence-electron chi connectivity index (χ4n) is 4.52. The topological polar surface area (TPSA) is 129 Å². The monoisotopic (exact) mass is 580 g/mol. The van der Waals surface area contributed by atoms with Gasteiger partial charge in [-0.25, -0.2) is 8.42 Å². The molecule has 1 aliphatic heterocycles. The predicted octanol–water partition coefficient (Wildman–Crippen LogP) is 2.70. The number of methoxy groups -OCH3 is 2. The molecule has 0 saturated carbocycles. The van der Waals surface area contributed by atoms with E-state index in [2.05, 4.69) is 20.8 Å². The zero-order valence-corrected chi connectivity index (χ0v) is 23.6. The first-order valence-electron chi connectivity index (χ1n) is 12.5. The number of nitrogens with zero attached hydrogens (tertiary/aromatic N) is 5. The Kier molecular flexibility index (Phi) is 8.33. The highest BCUT2D eigenvalue weighted by Crippen LogP contribution is 2.34. The SMILES string of the molecule is COc1ccc(S(=O)(=O)N2Cc3ccccc3C[C@@H]2C(=O)NCCSc2nnnn2-c2ccccc2)cc1OC. The molecule has 1 amide bonds. The number of hydrogen-bond acceptors (Lipinski definition) is 9. The Labute approximate surface area is 236 Å². The molecule has 1 atom stereocenters. The van der Waals surface area contributed by atoms with Crippen molar-refractivity contribution < 1.29 is 22.7 Å². The summed E-state index contributed by atoms with van der Waals surface area (Å²) in [5.74, 6) is 0.819. The van der Waals surface area contributed by atoms with Gasteiger partial charge in [0.15, 0.2) is 11.5 Å². The van der Waals surface area contributed by atoms with Crippen LogP contribution in [0.1, 0.15) is 11.1 Å². The van der Waals surface area contributed by atoms with E-state index < -0.39 is 16.1 Å². The van der Waals surface area contributed by atoms with E-state index in [1.54, 1.807) is 10.7 Å². The van der Waals surface area contributed by atoms with Crippen LogP contribution in [-0.4, -0.2) is 71.4 Å². The predicted molar refractivity (Wildman–Crippen MR) is 149 cm³/mol. The maximum atomic E-state index is 13.9. The third-order valence-electron chi connectivity index (χ3n) is 6.54. The number of amides is 1. The summed E-state index contributed by atoms with van der Waals surface area (Å²) in [5, 5.41) is 15.4. The van der Waals surface area contributed by atoms with Gasteiger partial charge in [0.05, 0.1) is 24.8 Å². The van der Waals surface area contributed by atoms with E-state index in [4.69, 9.17) is 9.47 Å². The van der Waals surface area contributed by atoms with E-state index in [1.807, 2.05) is 54.6 Å². The van der Waals surface area contributed by atoms with E-state index in [0.29, 0.717) is 23.2 Å². The normalized spacial score (nSPS) is 15.3. The van der Waals surface area contributed by atoms with Gasteiger partial charge in [0, 0.05) is 24.9 Å². The number of sulfonamides is 1. The Morgan fingerprint density at radius 2 is 1.73 bits per heavy atom. The Hall–Kier alpha value is -3.94. The second-order valence-corrected chi connectivity index (χ2v) is 11.9. The van der Waals surface area contributed by atoms with Crippen LogP contribution in [0, 0.1) is 0 Å². The van der Waals surface area contributed by atoms with Gasteiger partial charge in [0.25, 0.3) is 0 Å². The summed E-state index contributed by atoms with van der Waals surface area (Å²) in [6, 6.07) is 20.6. The summed E-state index contributed by atoms with van der Waals surface area (Å²) in [6.07, 6.45) is 0.258. The maximum Gasteiger partial charge on any atom is 0.244 e. The van der Waals surface area contributed by atoms with Crippen molar-refractivity contribution in [2.75, 3.05) is 26.5 Å². The lowest BCUT2D eigenvalue weighted by Gasteiger charge is -2.35. The average Bonchev–Trinajstić information content (AvgIpc) is 3.47. The lowest BCUT2D eigenvalue weighted by molar-refractivity contribution is -0.125. The molecule has 0 unspecified atom stereocenters. The minimum atomic E-state index is -4.06. The Balaban J connectivity index is 1.32. The van der Waals surface area contributed by atoms with Gasteiger partial charge in [-0.1, -0.05) is 54.2 Å². The fraction of sp³-hybridized carbons (Fsp3) is 0.259. The summed E-state index contributed by atoms with van der Waals surface area (Å²) >= 11 is 1.39. The van der Waals surface area contributed by atoms with Crippen LogP contribution in [0.5, 0.6) is 11.5 Å². The highest BCUT2D eigenvalue weighted by molar-refractivity contribution is 7.99. The number of carbonyl (C=O) groups excluding carboxylic acids is 1. The molecule has 0 saturated heterocycles. The van der Waals surface area contributed by atoms with Crippen molar-refractivity contribution in [3.8, 4) is 17.2 Å². The van der Waals surface area contributed by atoms with Crippen LogP contribution in [0.2, 0.25) is 0 Å². The molecule has 0 bridgehead atoms. The number of thioether (sulfide) groups is 1. The molecule has 40 heavy (non-hydrogen) atoms. The van der Waals surface area contributed by atoms with Crippen LogP contribution < -0.4 is 14.8 Å². The average molecular weight is 581 g/mol. The summed E-state index contributed by atoms with van der Waals surface area (Å²) in [4.78, 5) is 13.5. The molecule has 0 radical (unpaired) electrons. The van der Waals surface area contributed by atoms with Gasteiger partial charge in [-0.2, -0.15) is 8.99 Å². The van der Waals surface area contributed by atoms with E-state index in [1.165, 1.54) is 42.4 Å². The molecule has 2 heterocycles. The number of fused-ring (bicyclic) bond motifs is 1. The summed E-state index contributed by atoms with van der Waals surface area (Å²) < 4.78 is 41.2. The molecule has 5 rings (SSSR count). The molecular formula is C27H28N6O5S2. The highest BCUT2D eigenvalue weighted by Gasteiger charge is 2.39. The van der Waals surface area contributed by atoms with Gasteiger partial charge in [0.1, 0.15) is 6.04 Å². The number of rotatable bonds is 10. The molecule has 4 aromatic rings. The quantitative estimate of drug-likeness (QED) is 0.222. The molecule has 208 valence electrons. The molecule has 0 spiro atoms. The number of benzene rings is 3. The zero-order chi connectivity index (χ0) is 28.1. The maximum absolute atomic E-state index is 13.9. The van der Waals surface area contributed by atoms with Crippen LogP contribution in [0.25, 0.3) is 5.69 Å². The minimum absolute atomic E-state index is 0.0191. The first kappa shape index (κ1) is 27.6. The smallest absolute Gasteiger partial charge is 0.244 e. The highest BCUT2D eigenvalue weighted by atomic mass is 32.2. The van der Waals surface area contributed by atoms with Crippen molar-refractivity contribution in [3.05, 3.63) is 83.9 Å². The van der Waals surface area contributed by atoms with Crippen molar-refractivity contribution in [3.63, 3.8) is 0 Å². The van der Waals surface area contributed by atoms with Crippen LogP contribution in [0.3, 0.4) is 0 Å². The third-order valence-corrected chi connectivity index (χ3v) is 9.32. The molecule has 1 aliphatic rings. The Morgan fingerprint density at radius 1 is 1.00 bits per heavy atom. The second-order valence-electron chi connectivity index (χ2n) is 8.90. The fourth-order valence-corrected chi connectivity index (χ4v) is 6.85. The summed E-state index contributed by atoms with van der Waals surface area (Å²) in [7, 11) is -1.13. The second kappa shape index (κ2) is 12.1. The van der Waals surface area contributed by atoms with Crippen LogP contribution >= 0.6 is 11.8 Å². The van der Waals surface area contributed by atoms with E-state index in [0.717, 1.165) is 16.8 Å². The van der Waals surface area contributed by atoms with Gasteiger partial charge in [-0.15, -0.1) is 5.10 Å². The molecule has 13 heteroatoms. The Bertz CT molecular complexity index is 1600. The number of para-hydroxylation sites is 1. The number of tetrazole rings is 1. The Morgan fingerprint density at radius 3 is 2.48 bits per heavy atom.